The predicted octanol–water partition coefficient (Wildman–Crippen LogP) is 3.11. The van der Waals surface area contributed by atoms with Gasteiger partial charge in [0.05, 0.1) is 24.9 Å². The molecule has 0 saturated carbocycles. The van der Waals surface area contributed by atoms with Crippen LogP contribution < -0.4 is 4.74 Å². The molecular formula is C20H19N7O2. The van der Waals surface area contributed by atoms with E-state index in [4.69, 9.17) is 9.15 Å². The molecule has 9 heteroatoms. The normalized spacial score (nSPS) is 11.6. The highest BCUT2D eigenvalue weighted by atomic mass is 16.5. The standard InChI is InChI=1S/C20H19N7O2/c1-11-17(29-13(3)24-11)9-26-12(2)25-19-16(26)7-14(8-21-19)15-5-6-27-18(15)20(28-4)22-10-23-27/h5-8,10H,9H2,1-4H3. The van der Waals surface area contributed by atoms with Gasteiger partial charge in [-0.15, -0.1) is 0 Å². The summed E-state index contributed by atoms with van der Waals surface area (Å²) in [6.45, 7) is 6.31. The van der Waals surface area contributed by atoms with Crippen LogP contribution in [-0.4, -0.2) is 41.2 Å². The molecule has 0 spiro atoms. The molecule has 0 aliphatic heterocycles. The van der Waals surface area contributed by atoms with Crippen LogP contribution in [0, 0.1) is 20.8 Å². The number of pyridine rings is 1. The zero-order valence-electron chi connectivity index (χ0n) is 16.5. The molecule has 9 nitrogen and oxygen atoms in total. The van der Waals surface area contributed by atoms with Crippen molar-refractivity contribution in [3.05, 3.63) is 54.0 Å². The maximum absolute atomic E-state index is 5.77. The number of aromatic nitrogens is 7. The first-order valence-corrected chi connectivity index (χ1v) is 9.17. The predicted molar refractivity (Wildman–Crippen MR) is 106 cm³/mol. The number of rotatable bonds is 4. The van der Waals surface area contributed by atoms with Crippen LogP contribution in [0.2, 0.25) is 0 Å². The minimum Gasteiger partial charge on any atom is -0.479 e. The van der Waals surface area contributed by atoms with Gasteiger partial charge in [-0.3, -0.25) is 0 Å². The van der Waals surface area contributed by atoms with Crippen LogP contribution in [0.3, 0.4) is 0 Å². The van der Waals surface area contributed by atoms with E-state index in [0.717, 1.165) is 39.4 Å². The number of imidazole rings is 1. The van der Waals surface area contributed by atoms with E-state index in [0.29, 0.717) is 24.0 Å². The van der Waals surface area contributed by atoms with Crippen molar-refractivity contribution in [1.29, 1.82) is 0 Å². The average Bonchev–Trinajstić information content (AvgIpc) is 3.37. The van der Waals surface area contributed by atoms with E-state index in [1.165, 1.54) is 6.33 Å². The van der Waals surface area contributed by atoms with Crippen molar-refractivity contribution in [3.8, 4) is 17.0 Å². The Hall–Kier alpha value is -3.75. The third-order valence-corrected chi connectivity index (χ3v) is 5.02. The fraction of sp³-hybridized carbons (Fsp3) is 0.250. The van der Waals surface area contributed by atoms with E-state index >= 15 is 0 Å². The summed E-state index contributed by atoms with van der Waals surface area (Å²) < 4.78 is 15.0. The lowest BCUT2D eigenvalue weighted by atomic mass is 10.1. The second kappa shape index (κ2) is 6.40. The molecule has 146 valence electrons. The molecule has 29 heavy (non-hydrogen) atoms. The van der Waals surface area contributed by atoms with Gasteiger partial charge in [-0.25, -0.2) is 19.5 Å². The maximum atomic E-state index is 5.77. The number of aryl methyl sites for hydroxylation is 3. The molecule has 0 fully saturated rings. The Kier molecular flexibility index (Phi) is 3.83. The van der Waals surface area contributed by atoms with Crippen LogP contribution in [0.1, 0.15) is 23.2 Å². The van der Waals surface area contributed by atoms with E-state index in [1.807, 2.05) is 39.2 Å². The van der Waals surface area contributed by atoms with Crippen molar-refractivity contribution in [3.63, 3.8) is 0 Å². The highest BCUT2D eigenvalue weighted by Gasteiger charge is 2.17. The Morgan fingerprint density at radius 3 is 2.76 bits per heavy atom. The first-order chi connectivity index (χ1) is 14.0. The Bertz CT molecular complexity index is 1360. The first kappa shape index (κ1) is 17.4. The van der Waals surface area contributed by atoms with Crippen molar-refractivity contribution >= 4 is 16.7 Å². The van der Waals surface area contributed by atoms with Crippen molar-refractivity contribution in [1.82, 2.24) is 34.1 Å². The van der Waals surface area contributed by atoms with Gasteiger partial charge in [-0.1, -0.05) is 0 Å². The molecule has 0 aliphatic rings. The third kappa shape index (κ3) is 2.74. The zero-order chi connectivity index (χ0) is 20.1. The quantitative estimate of drug-likeness (QED) is 0.466. The van der Waals surface area contributed by atoms with Gasteiger partial charge in [0.2, 0.25) is 5.88 Å². The van der Waals surface area contributed by atoms with Gasteiger partial charge in [0.25, 0.3) is 0 Å². The summed E-state index contributed by atoms with van der Waals surface area (Å²) in [5, 5.41) is 4.26. The third-order valence-electron chi connectivity index (χ3n) is 5.02. The lowest BCUT2D eigenvalue weighted by Crippen LogP contribution is -2.02. The van der Waals surface area contributed by atoms with Gasteiger partial charge < -0.3 is 13.7 Å². The van der Waals surface area contributed by atoms with Gasteiger partial charge in [0.15, 0.2) is 11.5 Å². The molecule has 5 aromatic rings. The number of methoxy groups -OCH3 is 1. The molecule has 5 heterocycles. The molecule has 0 aliphatic carbocycles. The van der Waals surface area contributed by atoms with Crippen molar-refractivity contribution in [2.75, 3.05) is 7.11 Å². The lowest BCUT2D eigenvalue weighted by Gasteiger charge is -2.07. The van der Waals surface area contributed by atoms with E-state index < -0.39 is 0 Å². The summed E-state index contributed by atoms with van der Waals surface area (Å²) in [5.74, 6) is 2.85. The van der Waals surface area contributed by atoms with Crippen molar-refractivity contribution in [2.45, 2.75) is 27.3 Å². The fourth-order valence-corrected chi connectivity index (χ4v) is 3.64. The van der Waals surface area contributed by atoms with Gasteiger partial charge >= 0.3 is 0 Å². The molecule has 5 rings (SSSR count). The first-order valence-electron chi connectivity index (χ1n) is 9.17. The van der Waals surface area contributed by atoms with Gasteiger partial charge in [-0.05, 0) is 26.0 Å². The molecule has 0 radical (unpaired) electrons. The highest BCUT2D eigenvalue weighted by Crippen LogP contribution is 2.31. The van der Waals surface area contributed by atoms with Crippen LogP contribution in [0.5, 0.6) is 5.88 Å². The summed E-state index contributed by atoms with van der Waals surface area (Å²) in [4.78, 5) is 17.8. The maximum Gasteiger partial charge on any atom is 0.241 e. The van der Waals surface area contributed by atoms with Crippen molar-refractivity contribution in [2.24, 2.45) is 0 Å². The molecule has 0 aromatic carbocycles. The summed E-state index contributed by atoms with van der Waals surface area (Å²) in [5.41, 5.74) is 5.15. The van der Waals surface area contributed by atoms with Crippen LogP contribution in [0.25, 0.3) is 27.8 Å². The largest absolute Gasteiger partial charge is 0.479 e. The number of fused-ring (bicyclic) bond motifs is 2. The van der Waals surface area contributed by atoms with E-state index in [2.05, 4.69) is 35.7 Å². The van der Waals surface area contributed by atoms with Crippen molar-refractivity contribution < 1.29 is 9.15 Å². The molecule has 0 atom stereocenters. The second-order valence-corrected chi connectivity index (χ2v) is 6.85. The lowest BCUT2D eigenvalue weighted by molar-refractivity contribution is 0.399. The van der Waals surface area contributed by atoms with Gasteiger partial charge in [-0.2, -0.15) is 10.1 Å². The van der Waals surface area contributed by atoms with E-state index in [-0.39, 0.29) is 0 Å². The molecule has 0 saturated heterocycles. The van der Waals surface area contributed by atoms with Crippen LogP contribution in [-0.2, 0) is 6.54 Å². The second-order valence-electron chi connectivity index (χ2n) is 6.85. The molecular weight excluding hydrogens is 370 g/mol. The van der Waals surface area contributed by atoms with Crippen LogP contribution >= 0.6 is 0 Å². The monoisotopic (exact) mass is 389 g/mol. The number of nitrogens with zero attached hydrogens (tertiary/aromatic N) is 7. The number of oxazole rings is 1. The fourth-order valence-electron chi connectivity index (χ4n) is 3.64. The number of ether oxygens (including phenoxy) is 1. The topological polar surface area (TPSA) is 96.2 Å². The summed E-state index contributed by atoms with van der Waals surface area (Å²) >= 11 is 0. The molecule has 0 unspecified atom stereocenters. The molecule has 0 bridgehead atoms. The van der Waals surface area contributed by atoms with E-state index in [1.54, 1.807) is 11.6 Å². The zero-order valence-corrected chi connectivity index (χ0v) is 16.5. The smallest absolute Gasteiger partial charge is 0.241 e. The van der Waals surface area contributed by atoms with Gasteiger partial charge in [0.1, 0.15) is 23.4 Å². The number of hydrogen-bond acceptors (Lipinski definition) is 7. The molecule has 0 amide bonds. The summed E-state index contributed by atoms with van der Waals surface area (Å²) in [7, 11) is 1.60. The Labute approximate surface area is 166 Å². The minimum atomic E-state index is 0.512. The molecule has 5 aromatic heterocycles. The molecule has 0 N–H and O–H groups in total. The summed E-state index contributed by atoms with van der Waals surface area (Å²) in [6, 6.07) is 4.05. The Morgan fingerprint density at radius 1 is 1.14 bits per heavy atom. The number of hydrogen-bond donors (Lipinski definition) is 0. The van der Waals surface area contributed by atoms with Crippen LogP contribution in [0.4, 0.5) is 0 Å². The summed E-state index contributed by atoms with van der Waals surface area (Å²) in [6.07, 6.45) is 5.16. The van der Waals surface area contributed by atoms with Crippen LogP contribution in [0.15, 0.2) is 35.3 Å². The highest BCUT2D eigenvalue weighted by molar-refractivity contribution is 5.87. The Morgan fingerprint density at radius 2 is 2.00 bits per heavy atom. The van der Waals surface area contributed by atoms with E-state index in [9.17, 15) is 0 Å². The Balaban J connectivity index is 1.67. The average molecular weight is 389 g/mol. The SMILES string of the molecule is COc1ncnn2ccc(-c3cnc4nc(C)n(Cc5oc(C)nc5C)c4c3)c12. The van der Waals surface area contributed by atoms with Gasteiger partial charge in [0, 0.05) is 30.4 Å². The minimum absolute atomic E-state index is 0.512.